The predicted molar refractivity (Wildman–Crippen MR) is 61.6 cm³/mol. The maximum absolute atomic E-state index is 11.1. The number of ether oxygens (including phenoxy) is 3. The normalized spacial score (nSPS) is 10.4. The van der Waals surface area contributed by atoms with Gasteiger partial charge in [-0.05, 0) is 6.42 Å². The Morgan fingerprint density at radius 3 is 1.94 bits per heavy atom. The Bertz CT molecular complexity index is 214. The third-order valence-electron chi connectivity index (χ3n) is 2.06. The van der Waals surface area contributed by atoms with Gasteiger partial charge in [0.15, 0.2) is 0 Å². The minimum absolute atomic E-state index is 0.0566. The third kappa shape index (κ3) is 8.65. The van der Waals surface area contributed by atoms with Crippen molar-refractivity contribution in [2.75, 3.05) is 47.1 Å². The van der Waals surface area contributed by atoms with Crippen LogP contribution in [0, 0.1) is 0 Å². The largest absolute Gasteiger partial charge is 0.468 e. The molecule has 0 aliphatic heterocycles. The van der Waals surface area contributed by atoms with E-state index in [4.69, 9.17) is 4.74 Å². The number of carbonyl (C=O) groups excluding carboxylic acids is 2. The Hall–Kier alpha value is -1.14. The Balaban J connectivity index is 4.01. The van der Waals surface area contributed by atoms with Crippen LogP contribution in [0.3, 0.4) is 0 Å². The standard InChI is InChI=1S/C11H21NO5/c1-4-6-17-7-5-12(8-10(13)15-2)9-11(14)16-3/h4-9H2,1-3H3. The molecule has 0 aromatic heterocycles. The number of esters is 2. The molecule has 100 valence electrons. The van der Waals surface area contributed by atoms with Gasteiger partial charge in [0.05, 0.1) is 33.9 Å². The van der Waals surface area contributed by atoms with Gasteiger partial charge in [-0.2, -0.15) is 0 Å². The summed E-state index contributed by atoms with van der Waals surface area (Å²) in [6.45, 7) is 3.76. The highest BCUT2D eigenvalue weighted by molar-refractivity contribution is 5.74. The lowest BCUT2D eigenvalue weighted by molar-refractivity contribution is -0.145. The maximum atomic E-state index is 11.1. The molecular formula is C11H21NO5. The molecule has 0 spiro atoms. The maximum Gasteiger partial charge on any atom is 0.319 e. The van der Waals surface area contributed by atoms with Crippen molar-refractivity contribution in [2.24, 2.45) is 0 Å². The number of nitrogens with zero attached hydrogens (tertiary/aromatic N) is 1. The monoisotopic (exact) mass is 247 g/mol. The summed E-state index contributed by atoms with van der Waals surface area (Å²) in [6.07, 6.45) is 0.938. The minimum Gasteiger partial charge on any atom is -0.468 e. The second-order valence-corrected chi connectivity index (χ2v) is 3.48. The topological polar surface area (TPSA) is 65.1 Å². The highest BCUT2D eigenvalue weighted by Crippen LogP contribution is 1.93. The zero-order chi connectivity index (χ0) is 13.1. The molecule has 0 rings (SSSR count). The van der Waals surface area contributed by atoms with Gasteiger partial charge in [-0.3, -0.25) is 14.5 Å². The number of rotatable bonds is 9. The smallest absolute Gasteiger partial charge is 0.319 e. The van der Waals surface area contributed by atoms with E-state index in [2.05, 4.69) is 9.47 Å². The molecule has 0 atom stereocenters. The average Bonchev–Trinajstić information content (AvgIpc) is 2.33. The van der Waals surface area contributed by atoms with E-state index >= 15 is 0 Å². The molecule has 0 saturated heterocycles. The van der Waals surface area contributed by atoms with Crippen molar-refractivity contribution in [3.05, 3.63) is 0 Å². The van der Waals surface area contributed by atoms with E-state index in [0.29, 0.717) is 19.8 Å². The second-order valence-electron chi connectivity index (χ2n) is 3.48. The van der Waals surface area contributed by atoms with Gasteiger partial charge in [0, 0.05) is 13.2 Å². The molecule has 0 aliphatic carbocycles. The van der Waals surface area contributed by atoms with Crippen molar-refractivity contribution in [1.29, 1.82) is 0 Å². The van der Waals surface area contributed by atoms with Gasteiger partial charge >= 0.3 is 11.9 Å². The van der Waals surface area contributed by atoms with Crippen LogP contribution in [0.25, 0.3) is 0 Å². The molecule has 0 N–H and O–H groups in total. The van der Waals surface area contributed by atoms with Crippen LogP contribution in [-0.4, -0.2) is 63.9 Å². The molecule has 0 aromatic carbocycles. The number of methoxy groups -OCH3 is 2. The SMILES string of the molecule is CCCOCCN(CC(=O)OC)CC(=O)OC. The van der Waals surface area contributed by atoms with Gasteiger partial charge in [-0.15, -0.1) is 0 Å². The molecule has 0 aliphatic rings. The number of hydrogen-bond donors (Lipinski definition) is 0. The highest BCUT2D eigenvalue weighted by Gasteiger charge is 2.14. The van der Waals surface area contributed by atoms with Crippen molar-refractivity contribution >= 4 is 11.9 Å². The first-order valence-electron chi connectivity index (χ1n) is 5.57. The van der Waals surface area contributed by atoms with E-state index in [1.54, 1.807) is 4.90 Å². The van der Waals surface area contributed by atoms with Crippen molar-refractivity contribution in [2.45, 2.75) is 13.3 Å². The van der Waals surface area contributed by atoms with Gasteiger partial charge in [0.2, 0.25) is 0 Å². The van der Waals surface area contributed by atoms with Crippen molar-refractivity contribution in [3.63, 3.8) is 0 Å². The second kappa shape index (κ2) is 10.0. The summed E-state index contributed by atoms with van der Waals surface area (Å²) in [5.74, 6) is -0.770. The highest BCUT2D eigenvalue weighted by atomic mass is 16.5. The number of carbonyl (C=O) groups is 2. The van der Waals surface area contributed by atoms with Crippen molar-refractivity contribution < 1.29 is 23.8 Å². The first-order valence-corrected chi connectivity index (χ1v) is 5.57. The van der Waals surface area contributed by atoms with Crippen LogP contribution >= 0.6 is 0 Å². The van der Waals surface area contributed by atoms with Gasteiger partial charge in [0.1, 0.15) is 0 Å². The Kier molecular flexibility index (Phi) is 9.37. The van der Waals surface area contributed by atoms with Crippen LogP contribution in [-0.2, 0) is 23.8 Å². The zero-order valence-electron chi connectivity index (χ0n) is 10.7. The van der Waals surface area contributed by atoms with Gasteiger partial charge < -0.3 is 14.2 Å². The summed E-state index contributed by atoms with van der Waals surface area (Å²) in [5.41, 5.74) is 0. The van der Waals surface area contributed by atoms with Gasteiger partial charge in [0.25, 0.3) is 0 Å². The quantitative estimate of drug-likeness (QED) is 0.424. The van der Waals surface area contributed by atoms with E-state index in [-0.39, 0.29) is 25.0 Å². The van der Waals surface area contributed by atoms with E-state index in [9.17, 15) is 9.59 Å². The van der Waals surface area contributed by atoms with Crippen LogP contribution in [0.15, 0.2) is 0 Å². The van der Waals surface area contributed by atoms with Crippen molar-refractivity contribution in [1.82, 2.24) is 4.90 Å². The van der Waals surface area contributed by atoms with Crippen LogP contribution in [0.1, 0.15) is 13.3 Å². The predicted octanol–water partition coefficient (Wildman–Crippen LogP) is 0.0610. The summed E-state index contributed by atoms with van der Waals surface area (Å²) in [7, 11) is 2.62. The summed E-state index contributed by atoms with van der Waals surface area (Å²) in [4.78, 5) is 23.9. The molecule has 6 nitrogen and oxygen atoms in total. The molecular weight excluding hydrogens is 226 g/mol. The third-order valence-corrected chi connectivity index (χ3v) is 2.06. The first-order chi connectivity index (χ1) is 8.13. The molecule has 0 unspecified atom stereocenters. The van der Waals surface area contributed by atoms with E-state index < -0.39 is 0 Å². The van der Waals surface area contributed by atoms with Crippen molar-refractivity contribution in [3.8, 4) is 0 Å². The summed E-state index contributed by atoms with van der Waals surface area (Å²) >= 11 is 0. The van der Waals surface area contributed by atoms with E-state index in [0.717, 1.165) is 6.42 Å². The Morgan fingerprint density at radius 2 is 1.53 bits per heavy atom. The average molecular weight is 247 g/mol. The fourth-order valence-electron chi connectivity index (χ4n) is 1.15. The summed E-state index contributed by atoms with van der Waals surface area (Å²) < 4.78 is 14.4. The van der Waals surface area contributed by atoms with E-state index in [1.165, 1.54) is 14.2 Å². The van der Waals surface area contributed by atoms with Crippen LogP contribution in [0.2, 0.25) is 0 Å². The molecule has 0 bridgehead atoms. The number of hydrogen-bond acceptors (Lipinski definition) is 6. The lowest BCUT2D eigenvalue weighted by atomic mass is 10.4. The molecule has 0 heterocycles. The molecule has 0 saturated carbocycles. The van der Waals surface area contributed by atoms with E-state index in [1.807, 2.05) is 6.92 Å². The minimum atomic E-state index is -0.385. The lowest BCUT2D eigenvalue weighted by Gasteiger charge is -2.19. The molecule has 17 heavy (non-hydrogen) atoms. The molecule has 0 radical (unpaired) electrons. The van der Waals surface area contributed by atoms with Crippen LogP contribution < -0.4 is 0 Å². The first kappa shape index (κ1) is 15.9. The fourth-order valence-corrected chi connectivity index (χ4v) is 1.15. The zero-order valence-corrected chi connectivity index (χ0v) is 10.7. The fraction of sp³-hybridized carbons (Fsp3) is 0.818. The lowest BCUT2D eigenvalue weighted by Crippen LogP contribution is -2.37. The Morgan fingerprint density at radius 1 is 1.00 bits per heavy atom. The summed E-state index contributed by atoms with van der Waals surface area (Å²) in [6, 6.07) is 0. The van der Waals surface area contributed by atoms with Gasteiger partial charge in [-0.1, -0.05) is 6.92 Å². The molecule has 0 amide bonds. The van der Waals surface area contributed by atoms with Crippen LogP contribution in [0.5, 0.6) is 0 Å². The molecule has 6 heteroatoms. The van der Waals surface area contributed by atoms with Crippen LogP contribution in [0.4, 0.5) is 0 Å². The molecule has 0 fully saturated rings. The Labute approximate surface area is 102 Å². The summed E-state index contributed by atoms with van der Waals surface area (Å²) in [5, 5.41) is 0. The molecule has 0 aromatic rings. The van der Waals surface area contributed by atoms with Gasteiger partial charge in [-0.25, -0.2) is 0 Å².